The van der Waals surface area contributed by atoms with Crippen LogP contribution in [0.3, 0.4) is 0 Å². The van der Waals surface area contributed by atoms with E-state index in [2.05, 4.69) is 182 Å². The van der Waals surface area contributed by atoms with Gasteiger partial charge in [-0.1, -0.05) is 72.8 Å². The van der Waals surface area contributed by atoms with Gasteiger partial charge in [-0.3, -0.25) is 0 Å². The Kier molecular flexibility index (Phi) is 7.20. The average molecular weight is 781 g/mol. The summed E-state index contributed by atoms with van der Waals surface area (Å²) < 4.78 is 7.40. The van der Waals surface area contributed by atoms with Crippen molar-refractivity contribution in [3.05, 3.63) is 168 Å². The van der Waals surface area contributed by atoms with Crippen LogP contribution < -0.4 is 0 Å². The first-order valence-electron chi connectivity index (χ1n) is 19.8. The molecular formula is C52H36N4S2. The number of aryl methyl sites for hydroxylation is 2. The third-order valence-corrected chi connectivity index (χ3v) is 14.6. The molecule has 0 unspecified atom stereocenters. The Morgan fingerprint density at radius 1 is 0.379 bits per heavy atom. The Morgan fingerprint density at radius 2 is 0.741 bits per heavy atom. The fourth-order valence-corrected chi connectivity index (χ4v) is 11.4. The first-order chi connectivity index (χ1) is 28.4. The van der Waals surface area contributed by atoms with Gasteiger partial charge < -0.3 is 9.13 Å². The Labute approximate surface area is 342 Å². The minimum Gasteiger partial charge on any atom is -0.313 e. The summed E-state index contributed by atoms with van der Waals surface area (Å²) >= 11 is 3.50. The van der Waals surface area contributed by atoms with Gasteiger partial charge in [0.1, 0.15) is 10.0 Å². The fourth-order valence-electron chi connectivity index (χ4n) is 9.48. The zero-order valence-corrected chi connectivity index (χ0v) is 34.1. The molecule has 0 saturated heterocycles. The molecule has 58 heavy (non-hydrogen) atoms. The van der Waals surface area contributed by atoms with Crippen LogP contribution in [0.4, 0.5) is 0 Å². The highest BCUT2D eigenvalue weighted by atomic mass is 32.1. The van der Waals surface area contributed by atoms with E-state index in [0.29, 0.717) is 0 Å². The van der Waals surface area contributed by atoms with E-state index in [1.54, 1.807) is 22.7 Å². The molecule has 8 aromatic carbocycles. The number of rotatable bonds is 4. The van der Waals surface area contributed by atoms with Gasteiger partial charge in [0, 0.05) is 66.2 Å². The first-order valence-corrected chi connectivity index (χ1v) is 21.4. The summed E-state index contributed by atoms with van der Waals surface area (Å²) in [5.74, 6) is 0. The molecule has 12 rings (SSSR count). The molecule has 0 saturated carbocycles. The Hall–Kier alpha value is -6.60. The largest absolute Gasteiger partial charge is 0.313 e. The summed E-state index contributed by atoms with van der Waals surface area (Å²) in [6.07, 6.45) is 0. The van der Waals surface area contributed by atoms with Crippen LogP contribution in [0, 0.1) is 27.7 Å². The van der Waals surface area contributed by atoms with Gasteiger partial charge in [-0.05, 0) is 122 Å². The molecule has 0 aliphatic rings. The van der Waals surface area contributed by atoms with E-state index >= 15 is 0 Å². The molecule has 0 amide bonds. The maximum Gasteiger partial charge on any atom is 0.124 e. The molecule has 0 radical (unpaired) electrons. The predicted molar refractivity (Wildman–Crippen MR) is 249 cm³/mol. The summed E-state index contributed by atoms with van der Waals surface area (Å²) in [6.45, 7) is 9.18. The van der Waals surface area contributed by atoms with Crippen molar-refractivity contribution in [1.29, 1.82) is 0 Å². The summed E-state index contributed by atoms with van der Waals surface area (Å²) in [6, 6.07) is 52.9. The number of thiazole rings is 2. The second-order valence-electron chi connectivity index (χ2n) is 15.4. The van der Waals surface area contributed by atoms with E-state index in [1.165, 1.54) is 86.0 Å². The highest BCUT2D eigenvalue weighted by molar-refractivity contribution is 7.22. The van der Waals surface area contributed by atoms with Crippen LogP contribution in [0.25, 0.3) is 107 Å². The maximum atomic E-state index is 4.95. The van der Waals surface area contributed by atoms with E-state index in [-0.39, 0.29) is 0 Å². The molecule has 6 heteroatoms. The van der Waals surface area contributed by atoms with Crippen molar-refractivity contribution in [2.75, 3.05) is 0 Å². The molecular weight excluding hydrogens is 745 g/mol. The molecule has 0 atom stereocenters. The quantitative estimate of drug-likeness (QED) is 0.167. The van der Waals surface area contributed by atoms with Gasteiger partial charge in [-0.25, -0.2) is 9.97 Å². The van der Waals surface area contributed by atoms with Crippen LogP contribution in [-0.4, -0.2) is 19.1 Å². The summed E-state index contributed by atoms with van der Waals surface area (Å²) in [7, 11) is 0. The van der Waals surface area contributed by atoms with Crippen LogP contribution in [0.1, 0.15) is 22.5 Å². The van der Waals surface area contributed by atoms with Gasteiger partial charge in [0.25, 0.3) is 0 Å². The van der Waals surface area contributed by atoms with Crippen LogP contribution >= 0.6 is 22.7 Å². The molecule has 4 heterocycles. The van der Waals surface area contributed by atoms with Crippen LogP contribution in [0.5, 0.6) is 0 Å². The number of hydrogen-bond donors (Lipinski definition) is 0. The zero-order chi connectivity index (χ0) is 38.8. The molecule has 4 aromatic heterocycles. The lowest BCUT2D eigenvalue weighted by atomic mass is 9.89. The minimum atomic E-state index is 1.05. The number of aromatic nitrogens is 4. The van der Waals surface area contributed by atoms with Crippen molar-refractivity contribution in [3.63, 3.8) is 0 Å². The molecule has 0 aliphatic carbocycles. The molecule has 0 fully saturated rings. The SMILES string of the molecule is Cc1c(C)n(-c2ccc(-c3nc4ccccc4s3)cc2)c2c3ccccc3c3c4c(C)c(C)n(-c5ccc(-c6nc7ccccc7s6)cc5)c4c4ccccc4c3c12. The molecule has 4 nitrogen and oxygen atoms in total. The minimum absolute atomic E-state index is 1.05. The highest BCUT2D eigenvalue weighted by Crippen LogP contribution is 2.49. The number of nitrogens with zero attached hydrogens (tertiary/aromatic N) is 4. The van der Waals surface area contributed by atoms with Crippen LogP contribution in [0.2, 0.25) is 0 Å². The van der Waals surface area contributed by atoms with Crippen molar-refractivity contribution >= 4 is 97.2 Å². The van der Waals surface area contributed by atoms with Crippen molar-refractivity contribution in [2.45, 2.75) is 27.7 Å². The molecule has 0 aliphatic heterocycles. The lowest BCUT2D eigenvalue weighted by Gasteiger charge is -2.17. The normalized spacial score (nSPS) is 12.1. The van der Waals surface area contributed by atoms with Gasteiger partial charge >= 0.3 is 0 Å². The summed E-state index contributed by atoms with van der Waals surface area (Å²) in [5, 5.41) is 12.5. The van der Waals surface area contributed by atoms with Crippen LogP contribution in [-0.2, 0) is 0 Å². The van der Waals surface area contributed by atoms with Crippen molar-refractivity contribution < 1.29 is 0 Å². The Morgan fingerprint density at radius 3 is 1.14 bits per heavy atom. The van der Waals surface area contributed by atoms with Crippen molar-refractivity contribution in [1.82, 2.24) is 19.1 Å². The third-order valence-electron chi connectivity index (χ3n) is 12.4. The smallest absolute Gasteiger partial charge is 0.124 e. The average Bonchev–Trinajstić information content (AvgIpc) is 4.03. The molecule has 0 bridgehead atoms. The number of hydrogen-bond acceptors (Lipinski definition) is 4. The molecule has 0 spiro atoms. The molecule has 0 N–H and O–H groups in total. The fraction of sp³-hybridized carbons (Fsp3) is 0.0769. The van der Waals surface area contributed by atoms with Gasteiger partial charge in [-0.15, -0.1) is 22.7 Å². The number of fused-ring (bicyclic) bond motifs is 13. The van der Waals surface area contributed by atoms with Gasteiger partial charge in [0.2, 0.25) is 0 Å². The predicted octanol–water partition coefficient (Wildman–Crippen LogP) is 14.8. The van der Waals surface area contributed by atoms with Crippen LogP contribution in [0.15, 0.2) is 146 Å². The highest BCUT2D eigenvalue weighted by Gasteiger charge is 2.26. The lowest BCUT2D eigenvalue weighted by Crippen LogP contribution is -1.98. The topological polar surface area (TPSA) is 35.6 Å². The van der Waals surface area contributed by atoms with Gasteiger partial charge in [0.15, 0.2) is 0 Å². The van der Waals surface area contributed by atoms with E-state index in [4.69, 9.17) is 9.97 Å². The van der Waals surface area contributed by atoms with Gasteiger partial charge in [0.05, 0.1) is 31.5 Å². The van der Waals surface area contributed by atoms with E-state index in [1.807, 2.05) is 0 Å². The monoisotopic (exact) mass is 780 g/mol. The lowest BCUT2D eigenvalue weighted by molar-refractivity contribution is 1.04. The van der Waals surface area contributed by atoms with E-state index in [0.717, 1.165) is 43.6 Å². The van der Waals surface area contributed by atoms with Crippen molar-refractivity contribution in [3.8, 4) is 32.5 Å². The zero-order valence-electron chi connectivity index (χ0n) is 32.5. The van der Waals surface area contributed by atoms with E-state index < -0.39 is 0 Å². The first kappa shape index (κ1) is 33.5. The second kappa shape index (κ2) is 12.4. The summed E-state index contributed by atoms with van der Waals surface area (Å²) in [5.41, 5.74) is 14.3. The standard InChI is InChI=1S/C52H36N4S2/c1-29-31(3)55(35-25-21-33(22-26-35)51-53-41-17-9-11-19-43(41)57-51)49-39-15-7-6-14-38(39)48-46-30(2)32(4)56(50(46)40-16-8-5-13-37(40)47(48)45(29)49)36-27-23-34(24-28-36)52-54-42-18-10-12-20-44(42)58-52/h5-28H,1-4H3. The molecule has 12 aromatic rings. The number of para-hydroxylation sites is 2. The van der Waals surface area contributed by atoms with Gasteiger partial charge in [-0.2, -0.15) is 0 Å². The third kappa shape index (κ3) is 4.67. The summed E-state index contributed by atoms with van der Waals surface area (Å²) in [4.78, 5) is 9.90. The maximum absolute atomic E-state index is 4.95. The molecule has 276 valence electrons. The van der Waals surface area contributed by atoms with E-state index in [9.17, 15) is 0 Å². The Balaban J connectivity index is 1.11. The Bertz CT molecular complexity index is 3340. The van der Waals surface area contributed by atoms with Crippen molar-refractivity contribution in [2.24, 2.45) is 0 Å². The number of benzene rings is 8. The second-order valence-corrected chi connectivity index (χ2v) is 17.5.